The van der Waals surface area contributed by atoms with Gasteiger partial charge < -0.3 is 10.1 Å². The molecule has 6 rings (SSSR count). The van der Waals surface area contributed by atoms with E-state index >= 15 is 0 Å². The molecule has 0 bridgehead atoms. The Morgan fingerprint density at radius 3 is 2.86 bits per heavy atom. The molecule has 11 heteroatoms. The highest BCUT2D eigenvalue weighted by molar-refractivity contribution is 7.90. The fraction of sp³-hybridized carbons (Fsp3) is 0.400. The Bertz CT molecular complexity index is 1470. The number of amides is 1. The van der Waals surface area contributed by atoms with E-state index in [0.29, 0.717) is 47.9 Å². The molecule has 1 aromatic carbocycles. The predicted molar refractivity (Wildman–Crippen MR) is 131 cm³/mol. The molecule has 4 heterocycles. The van der Waals surface area contributed by atoms with Gasteiger partial charge in [-0.05, 0) is 61.2 Å². The number of ether oxygens (including phenoxy) is 1. The molecule has 2 aliphatic heterocycles. The maximum absolute atomic E-state index is 14.8. The number of aromatic nitrogens is 2. The van der Waals surface area contributed by atoms with E-state index in [9.17, 15) is 17.6 Å². The molecule has 0 unspecified atom stereocenters. The molecule has 1 saturated heterocycles. The van der Waals surface area contributed by atoms with E-state index < -0.39 is 15.9 Å². The van der Waals surface area contributed by atoms with Crippen LogP contribution in [0.2, 0.25) is 0 Å². The van der Waals surface area contributed by atoms with Crippen molar-refractivity contribution >= 4 is 32.8 Å². The lowest BCUT2D eigenvalue weighted by Crippen LogP contribution is -2.34. The van der Waals surface area contributed by atoms with Crippen molar-refractivity contribution in [2.45, 2.75) is 44.6 Å². The maximum atomic E-state index is 14.8. The van der Waals surface area contributed by atoms with Crippen LogP contribution < -0.4 is 9.62 Å². The highest BCUT2D eigenvalue weighted by Crippen LogP contribution is 2.36. The molecule has 0 radical (unpaired) electrons. The molecule has 9 nitrogen and oxygen atoms in total. The molecule has 1 saturated carbocycles. The van der Waals surface area contributed by atoms with Crippen LogP contribution in [0.1, 0.15) is 46.9 Å². The standard InChI is InChI=1S/C25H26FN5O4S/c1-25(26)15-35-14-18-3-2-16(10-21(18)25)24(32)28-13-19-11-22-17(12-27-19)4-7-23(29-22)31-9-8-30(20-5-6-20)36(31,33)34/h2-4,7,10-12,20H,5-6,8-9,13-15H2,1H3,(H,28,32)/t25-/m1/s1. The van der Waals surface area contributed by atoms with Gasteiger partial charge in [-0.2, -0.15) is 12.7 Å². The average Bonchev–Trinajstić information content (AvgIpc) is 3.64. The molecule has 1 amide bonds. The van der Waals surface area contributed by atoms with E-state index in [0.717, 1.165) is 23.8 Å². The summed E-state index contributed by atoms with van der Waals surface area (Å²) in [4.78, 5) is 21.8. The Kier molecular flexibility index (Phi) is 5.47. The molecule has 1 N–H and O–H groups in total. The number of benzene rings is 1. The minimum atomic E-state index is -3.57. The number of hydrogen-bond donors (Lipinski definition) is 1. The molecular formula is C25H26FN5O4S. The van der Waals surface area contributed by atoms with Gasteiger partial charge in [-0.3, -0.25) is 9.78 Å². The van der Waals surface area contributed by atoms with Gasteiger partial charge >= 0.3 is 10.2 Å². The zero-order valence-corrected chi connectivity index (χ0v) is 20.6. The van der Waals surface area contributed by atoms with E-state index in [1.165, 1.54) is 11.2 Å². The van der Waals surface area contributed by atoms with Crippen molar-refractivity contribution in [2.24, 2.45) is 0 Å². The summed E-state index contributed by atoms with van der Waals surface area (Å²) in [7, 11) is -3.57. The topological polar surface area (TPSA) is 105 Å². The van der Waals surface area contributed by atoms with Crippen molar-refractivity contribution < 1.29 is 22.3 Å². The fourth-order valence-electron chi connectivity index (χ4n) is 4.83. The largest absolute Gasteiger partial charge is 0.373 e. The van der Waals surface area contributed by atoms with E-state index in [4.69, 9.17) is 4.74 Å². The second-order valence-electron chi connectivity index (χ2n) is 9.70. The van der Waals surface area contributed by atoms with E-state index in [-0.39, 0.29) is 25.1 Å². The molecule has 36 heavy (non-hydrogen) atoms. The van der Waals surface area contributed by atoms with Crippen LogP contribution in [0.5, 0.6) is 0 Å². The highest BCUT2D eigenvalue weighted by Gasteiger charge is 2.45. The van der Waals surface area contributed by atoms with E-state index in [1.54, 1.807) is 46.9 Å². The van der Waals surface area contributed by atoms with Gasteiger partial charge in [-0.25, -0.2) is 13.7 Å². The normalized spacial score (nSPS) is 23.6. The Hall–Kier alpha value is -3.15. The molecule has 0 spiro atoms. The second-order valence-corrected chi connectivity index (χ2v) is 11.5. The quantitative estimate of drug-likeness (QED) is 0.565. The summed E-state index contributed by atoms with van der Waals surface area (Å²) in [5, 5.41) is 3.59. The third kappa shape index (κ3) is 4.10. The van der Waals surface area contributed by atoms with Gasteiger partial charge in [0.15, 0.2) is 5.67 Å². The first-order chi connectivity index (χ1) is 17.2. The second kappa shape index (κ2) is 8.46. The molecule has 3 aliphatic rings. The maximum Gasteiger partial charge on any atom is 0.305 e. The summed E-state index contributed by atoms with van der Waals surface area (Å²) in [6.07, 6.45) is 3.47. The first kappa shape index (κ1) is 23.3. The molecule has 2 fully saturated rings. The lowest BCUT2D eigenvalue weighted by molar-refractivity contribution is -0.00467. The zero-order chi connectivity index (χ0) is 25.1. The number of carbonyl (C=O) groups excluding carboxylic acids is 1. The number of hydrogen-bond acceptors (Lipinski definition) is 6. The van der Waals surface area contributed by atoms with Crippen molar-refractivity contribution in [3.05, 3.63) is 65.0 Å². The lowest BCUT2D eigenvalue weighted by atomic mass is 9.90. The summed E-state index contributed by atoms with van der Waals surface area (Å²) in [5.74, 6) is 0.0335. The first-order valence-corrected chi connectivity index (χ1v) is 13.4. The van der Waals surface area contributed by atoms with Crippen molar-refractivity contribution in [3.63, 3.8) is 0 Å². The Morgan fingerprint density at radius 2 is 2.06 bits per heavy atom. The number of nitrogens with zero attached hydrogens (tertiary/aromatic N) is 4. The van der Waals surface area contributed by atoms with Gasteiger partial charge in [0.2, 0.25) is 0 Å². The van der Waals surface area contributed by atoms with Crippen LogP contribution in [0, 0.1) is 0 Å². The van der Waals surface area contributed by atoms with Gasteiger partial charge in [-0.15, -0.1) is 0 Å². The summed E-state index contributed by atoms with van der Waals surface area (Å²) >= 11 is 0. The number of carbonyl (C=O) groups is 1. The number of nitrogens with one attached hydrogen (secondary N) is 1. The summed E-state index contributed by atoms with van der Waals surface area (Å²) < 4.78 is 48.9. The van der Waals surface area contributed by atoms with Crippen LogP contribution in [0.25, 0.3) is 10.9 Å². The third-order valence-corrected chi connectivity index (χ3v) is 8.92. The van der Waals surface area contributed by atoms with Gasteiger partial charge in [0.05, 0.1) is 37.5 Å². The first-order valence-electron chi connectivity index (χ1n) is 12.0. The summed E-state index contributed by atoms with van der Waals surface area (Å²) in [6.45, 7) is 2.71. The van der Waals surface area contributed by atoms with Gasteiger partial charge in [0.25, 0.3) is 5.91 Å². The van der Waals surface area contributed by atoms with Crippen LogP contribution in [0.3, 0.4) is 0 Å². The van der Waals surface area contributed by atoms with Crippen LogP contribution in [0.15, 0.2) is 42.6 Å². The molecule has 1 atom stereocenters. The van der Waals surface area contributed by atoms with Crippen LogP contribution in [-0.2, 0) is 33.8 Å². The summed E-state index contributed by atoms with van der Waals surface area (Å²) in [6, 6.07) is 10.3. The van der Waals surface area contributed by atoms with Crippen molar-refractivity contribution in [1.29, 1.82) is 0 Å². The molecule has 1 aliphatic carbocycles. The van der Waals surface area contributed by atoms with Gasteiger partial charge in [-0.1, -0.05) is 6.07 Å². The Labute approximate surface area is 208 Å². The number of alkyl halides is 1. The van der Waals surface area contributed by atoms with E-state index in [2.05, 4.69) is 15.3 Å². The minimum absolute atomic E-state index is 0.0432. The Morgan fingerprint density at radius 1 is 1.22 bits per heavy atom. The monoisotopic (exact) mass is 511 g/mol. The number of anilines is 1. The molecule has 3 aromatic rings. The minimum Gasteiger partial charge on any atom is -0.373 e. The lowest BCUT2D eigenvalue weighted by Gasteiger charge is -2.29. The molecule has 188 valence electrons. The molecular weight excluding hydrogens is 485 g/mol. The smallest absolute Gasteiger partial charge is 0.305 e. The van der Waals surface area contributed by atoms with Crippen LogP contribution in [-0.4, -0.2) is 54.3 Å². The average molecular weight is 512 g/mol. The van der Waals surface area contributed by atoms with Crippen LogP contribution >= 0.6 is 0 Å². The van der Waals surface area contributed by atoms with Crippen molar-refractivity contribution in [3.8, 4) is 0 Å². The van der Waals surface area contributed by atoms with Crippen molar-refractivity contribution in [1.82, 2.24) is 19.6 Å². The van der Waals surface area contributed by atoms with Gasteiger partial charge in [0, 0.05) is 29.7 Å². The van der Waals surface area contributed by atoms with E-state index in [1.807, 2.05) is 0 Å². The summed E-state index contributed by atoms with van der Waals surface area (Å²) in [5.41, 5.74) is 1.09. The number of halogens is 1. The Balaban J connectivity index is 1.19. The molecule has 2 aromatic heterocycles. The number of pyridine rings is 2. The number of rotatable bonds is 5. The SMILES string of the molecule is C[C@@]1(F)COCc2ccc(C(=O)NCc3cc4nc(N5CCN(C6CC6)S5(=O)=O)ccc4cn3)cc21. The van der Waals surface area contributed by atoms with Crippen molar-refractivity contribution in [2.75, 3.05) is 24.0 Å². The zero-order valence-electron chi connectivity index (χ0n) is 19.8. The fourth-order valence-corrected chi connectivity index (χ4v) is 6.63. The highest BCUT2D eigenvalue weighted by atomic mass is 32.2. The van der Waals surface area contributed by atoms with Gasteiger partial charge in [0.1, 0.15) is 5.82 Å². The van der Waals surface area contributed by atoms with Crippen LogP contribution in [0.4, 0.5) is 10.2 Å². The number of fused-ring (bicyclic) bond motifs is 2. The predicted octanol–water partition coefficient (Wildman–Crippen LogP) is 2.80. The third-order valence-electron chi connectivity index (χ3n) is 6.92.